The maximum absolute atomic E-state index is 10.8. The first-order valence-electron chi connectivity index (χ1n) is 5.10. The van der Waals surface area contributed by atoms with Gasteiger partial charge in [-0.1, -0.05) is 0 Å². The van der Waals surface area contributed by atoms with Crippen LogP contribution in [0.25, 0.3) is 0 Å². The summed E-state index contributed by atoms with van der Waals surface area (Å²) in [6.45, 7) is 6.14. The van der Waals surface area contributed by atoms with Gasteiger partial charge in [0.1, 0.15) is 0 Å². The van der Waals surface area contributed by atoms with Crippen molar-refractivity contribution in [2.75, 3.05) is 52.9 Å². The van der Waals surface area contributed by atoms with Gasteiger partial charge in [-0.05, 0) is 7.05 Å². The third-order valence-corrected chi connectivity index (χ3v) is 2.53. The maximum Gasteiger partial charge on any atom is 0.233 e. The lowest BCUT2D eigenvalue weighted by molar-refractivity contribution is -0.119. The number of carbonyl (C=O) groups is 1. The first kappa shape index (κ1) is 11.4. The molecule has 82 valence electrons. The molecule has 0 aliphatic carbocycles. The molecule has 1 aliphatic heterocycles. The van der Waals surface area contributed by atoms with Gasteiger partial charge < -0.3 is 16.0 Å². The van der Waals surface area contributed by atoms with Gasteiger partial charge in [-0.25, -0.2) is 0 Å². The smallest absolute Gasteiger partial charge is 0.233 e. The molecule has 0 aromatic carbocycles. The Labute approximate surface area is 85.2 Å². The molecule has 5 heteroatoms. The highest BCUT2D eigenvalue weighted by atomic mass is 16.1. The summed E-state index contributed by atoms with van der Waals surface area (Å²) in [5.41, 5.74) is 5.18. The van der Waals surface area contributed by atoms with Gasteiger partial charge in [0, 0.05) is 39.3 Å². The predicted molar refractivity (Wildman–Crippen MR) is 56.0 cm³/mol. The number of hydrogen-bond acceptors (Lipinski definition) is 4. The Bertz CT molecular complexity index is 178. The zero-order valence-corrected chi connectivity index (χ0v) is 8.83. The molecule has 1 saturated heterocycles. The van der Waals surface area contributed by atoms with Gasteiger partial charge in [-0.2, -0.15) is 0 Å². The minimum absolute atomic E-state index is 0.0703. The topological polar surface area (TPSA) is 61.6 Å². The van der Waals surface area contributed by atoms with Crippen LogP contribution in [-0.2, 0) is 4.79 Å². The Morgan fingerprint density at radius 1 is 1.36 bits per heavy atom. The Kier molecular flexibility index (Phi) is 4.86. The van der Waals surface area contributed by atoms with Gasteiger partial charge in [-0.3, -0.25) is 9.69 Å². The molecule has 3 N–H and O–H groups in total. The van der Waals surface area contributed by atoms with E-state index >= 15 is 0 Å². The second kappa shape index (κ2) is 5.95. The standard InChI is InChI=1S/C9H20N4O/c1-12-4-6-13(7-5-12)3-2-11-9(14)8-10/h2-8,10H2,1H3,(H,11,14). The zero-order chi connectivity index (χ0) is 10.4. The van der Waals surface area contributed by atoms with Crippen molar-refractivity contribution in [1.82, 2.24) is 15.1 Å². The Morgan fingerprint density at radius 2 is 2.00 bits per heavy atom. The molecule has 0 spiro atoms. The van der Waals surface area contributed by atoms with Gasteiger partial charge in [0.05, 0.1) is 6.54 Å². The van der Waals surface area contributed by atoms with E-state index in [1.807, 2.05) is 0 Å². The van der Waals surface area contributed by atoms with Crippen molar-refractivity contribution < 1.29 is 4.79 Å². The van der Waals surface area contributed by atoms with Crippen molar-refractivity contribution in [2.45, 2.75) is 0 Å². The highest BCUT2D eigenvalue weighted by Gasteiger charge is 2.12. The van der Waals surface area contributed by atoms with E-state index < -0.39 is 0 Å². The minimum Gasteiger partial charge on any atom is -0.354 e. The van der Waals surface area contributed by atoms with E-state index in [1.54, 1.807) is 0 Å². The Morgan fingerprint density at radius 3 is 2.57 bits per heavy atom. The van der Waals surface area contributed by atoms with Gasteiger partial charge in [-0.15, -0.1) is 0 Å². The highest BCUT2D eigenvalue weighted by molar-refractivity contribution is 5.77. The van der Waals surface area contributed by atoms with Crippen molar-refractivity contribution in [3.8, 4) is 0 Å². The van der Waals surface area contributed by atoms with Crippen LogP contribution >= 0.6 is 0 Å². The number of carbonyl (C=O) groups excluding carboxylic acids is 1. The molecule has 1 fully saturated rings. The number of likely N-dealkylation sites (N-methyl/N-ethyl adjacent to an activating group) is 1. The van der Waals surface area contributed by atoms with Crippen molar-refractivity contribution in [3.05, 3.63) is 0 Å². The number of nitrogens with one attached hydrogen (secondary N) is 1. The summed E-state index contributed by atoms with van der Waals surface area (Å²) in [4.78, 5) is 15.5. The third kappa shape index (κ3) is 4.04. The van der Waals surface area contributed by atoms with Crippen LogP contribution in [0.4, 0.5) is 0 Å². The summed E-state index contributed by atoms with van der Waals surface area (Å²) >= 11 is 0. The zero-order valence-electron chi connectivity index (χ0n) is 8.83. The molecular formula is C9H20N4O. The van der Waals surface area contributed by atoms with Crippen molar-refractivity contribution in [2.24, 2.45) is 5.73 Å². The number of amides is 1. The van der Waals surface area contributed by atoms with E-state index in [4.69, 9.17) is 5.73 Å². The molecule has 0 bridgehead atoms. The monoisotopic (exact) mass is 200 g/mol. The lowest BCUT2D eigenvalue weighted by Gasteiger charge is -2.32. The van der Waals surface area contributed by atoms with E-state index in [2.05, 4.69) is 22.2 Å². The van der Waals surface area contributed by atoms with E-state index in [-0.39, 0.29) is 12.5 Å². The van der Waals surface area contributed by atoms with Crippen LogP contribution in [0.1, 0.15) is 0 Å². The minimum atomic E-state index is -0.0703. The lowest BCUT2D eigenvalue weighted by Crippen LogP contribution is -2.47. The molecule has 14 heavy (non-hydrogen) atoms. The van der Waals surface area contributed by atoms with Crippen LogP contribution < -0.4 is 11.1 Å². The number of hydrogen-bond donors (Lipinski definition) is 2. The first-order valence-corrected chi connectivity index (χ1v) is 5.10. The summed E-state index contributed by atoms with van der Waals surface area (Å²) in [6.07, 6.45) is 0. The first-order chi connectivity index (χ1) is 6.72. The molecule has 0 saturated carbocycles. The van der Waals surface area contributed by atoms with Crippen LogP contribution in [0.2, 0.25) is 0 Å². The normalized spacial score (nSPS) is 19.6. The average Bonchev–Trinajstić information content (AvgIpc) is 2.21. The molecule has 0 aromatic rings. The second-order valence-electron chi connectivity index (χ2n) is 3.70. The maximum atomic E-state index is 10.8. The SMILES string of the molecule is CN1CCN(CCNC(=O)CN)CC1. The summed E-state index contributed by atoms with van der Waals surface area (Å²) in [5, 5.41) is 2.77. The molecule has 0 aromatic heterocycles. The number of rotatable bonds is 4. The fraction of sp³-hybridized carbons (Fsp3) is 0.889. The van der Waals surface area contributed by atoms with Gasteiger partial charge >= 0.3 is 0 Å². The largest absolute Gasteiger partial charge is 0.354 e. The molecule has 0 atom stereocenters. The number of nitrogens with zero attached hydrogens (tertiary/aromatic N) is 2. The Balaban J connectivity index is 2.04. The fourth-order valence-corrected chi connectivity index (χ4v) is 1.50. The van der Waals surface area contributed by atoms with Gasteiger partial charge in [0.2, 0.25) is 5.91 Å². The van der Waals surface area contributed by atoms with Crippen molar-refractivity contribution >= 4 is 5.91 Å². The second-order valence-corrected chi connectivity index (χ2v) is 3.70. The number of piperazine rings is 1. The van der Waals surface area contributed by atoms with Gasteiger partial charge in [0.25, 0.3) is 0 Å². The molecule has 1 heterocycles. The Hall–Kier alpha value is -0.650. The van der Waals surface area contributed by atoms with Crippen molar-refractivity contribution in [1.29, 1.82) is 0 Å². The van der Waals surface area contributed by atoms with E-state index in [1.165, 1.54) is 0 Å². The summed E-state index contributed by atoms with van der Waals surface area (Å²) < 4.78 is 0. The van der Waals surface area contributed by atoms with Crippen LogP contribution in [0, 0.1) is 0 Å². The molecular weight excluding hydrogens is 180 g/mol. The predicted octanol–water partition coefficient (Wildman–Crippen LogP) is -1.69. The molecule has 0 radical (unpaired) electrons. The van der Waals surface area contributed by atoms with Crippen LogP contribution in [0.5, 0.6) is 0 Å². The number of nitrogens with two attached hydrogens (primary N) is 1. The molecule has 1 rings (SSSR count). The molecule has 1 aliphatic rings. The van der Waals surface area contributed by atoms with Crippen LogP contribution in [0.3, 0.4) is 0 Å². The molecule has 5 nitrogen and oxygen atoms in total. The van der Waals surface area contributed by atoms with Crippen molar-refractivity contribution in [3.63, 3.8) is 0 Å². The third-order valence-electron chi connectivity index (χ3n) is 2.53. The lowest BCUT2D eigenvalue weighted by atomic mass is 10.3. The van der Waals surface area contributed by atoms with E-state index in [0.717, 1.165) is 32.7 Å². The average molecular weight is 200 g/mol. The summed E-state index contributed by atoms with van der Waals surface area (Å²) in [7, 11) is 2.13. The van der Waals surface area contributed by atoms with E-state index in [0.29, 0.717) is 6.54 Å². The summed E-state index contributed by atoms with van der Waals surface area (Å²) in [6, 6.07) is 0. The summed E-state index contributed by atoms with van der Waals surface area (Å²) in [5.74, 6) is -0.0703. The quantitative estimate of drug-likeness (QED) is 0.568. The van der Waals surface area contributed by atoms with Crippen LogP contribution in [-0.4, -0.2) is 68.6 Å². The molecule has 1 amide bonds. The molecule has 0 unspecified atom stereocenters. The van der Waals surface area contributed by atoms with Gasteiger partial charge in [0.15, 0.2) is 0 Å². The van der Waals surface area contributed by atoms with E-state index in [9.17, 15) is 4.79 Å². The highest BCUT2D eigenvalue weighted by Crippen LogP contribution is 1.97. The fourth-order valence-electron chi connectivity index (χ4n) is 1.50. The van der Waals surface area contributed by atoms with Crippen LogP contribution in [0.15, 0.2) is 0 Å².